The number of fused-ring (bicyclic) bond motifs is 8. The summed E-state index contributed by atoms with van der Waals surface area (Å²) >= 11 is 0. The van der Waals surface area contributed by atoms with Crippen molar-refractivity contribution in [3.63, 3.8) is 0 Å². The smallest absolute Gasteiger partial charge is 0.146 e. The molecule has 0 fully saturated rings. The van der Waals surface area contributed by atoms with E-state index in [0.717, 1.165) is 16.7 Å². The number of aromatic nitrogens is 2. The van der Waals surface area contributed by atoms with Gasteiger partial charge in [0.05, 0.1) is 16.6 Å². The Morgan fingerprint density at radius 2 is 1.16 bits per heavy atom. The lowest BCUT2D eigenvalue weighted by molar-refractivity contribution is 1.31. The normalized spacial score (nSPS) is 12.3. The number of benzene rings is 7. The number of hydrogen-bond donors (Lipinski definition) is 0. The second-order valence-corrected chi connectivity index (χ2v) is 10.0. The van der Waals surface area contributed by atoms with Gasteiger partial charge in [0, 0.05) is 10.8 Å². The maximum absolute atomic E-state index is 5.20. The maximum Gasteiger partial charge on any atom is 0.146 e. The standard InChI is InChI=1S/C35H20N2/c1-2-10-29-26(8-1)27-9-3-4-11-31(27)37-32-19-16-24(20-30(32)36-35(29)37)25-17-14-23-13-12-21-6-5-7-22-15-18-28(25)34(23)33(21)22/h1-20H. The average Bonchev–Trinajstić information content (AvgIpc) is 3.35. The number of hydrogen-bond acceptors (Lipinski definition) is 1. The highest BCUT2D eigenvalue weighted by atomic mass is 15.0. The van der Waals surface area contributed by atoms with Crippen molar-refractivity contribution in [3.8, 4) is 11.1 Å². The molecule has 0 aliphatic carbocycles. The van der Waals surface area contributed by atoms with E-state index in [1.54, 1.807) is 0 Å². The van der Waals surface area contributed by atoms with Gasteiger partial charge in [0.1, 0.15) is 5.65 Å². The van der Waals surface area contributed by atoms with Crippen LogP contribution in [-0.4, -0.2) is 9.38 Å². The van der Waals surface area contributed by atoms with E-state index < -0.39 is 0 Å². The van der Waals surface area contributed by atoms with Crippen LogP contribution in [0.3, 0.4) is 0 Å². The summed E-state index contributed by atoms with van der Waals surface area (Å²) in [5.41, 5.74) is 6.80. The molecular weight excluding hydrogens is 448 g/mol. The molecule has 37 heavy (non-hydrogen) atoms. The molecule has 0 radical (unpaired) electrons. The van der Waals surface area contributed by atoms with Crippen LogP contribution in [0, 0.1) is 0 Å². The second-order valence-electron chi connectivity index (χ2n) is 10.0. The van der Waals surface area contributed by atoms with Crippen LogP contribution in [0.5, 0.6) is 0 Å². The van der Waals surface area contributed by atoms with Crippen molar-refractivity contribution < 1.29 is 0 Å². The first-order chi connectivity index (χ1) is 18.3. The lowest BCUT2D eigenvalue weighted by Crippen LogP contribution is -1.91. The van der Waals surface area contributed by atoms with E-state index in [-0.39, 0.29) is 0 Å². The number of para-hydroxylation sites is 1. The fourth-order valence-corrected chi connectivity index (χ4v) is 6.47. The first kappa shape index (κ1) is 19.3. The van der Waals surface area contributed by atoms with E-state index >= 15 is 0 Å². The third kappa shape index (κ3) is 2.47. The number of rotatable bonds is 1. The average molecular weight is 469 g/mol. The Morgan fingerprint density at radius 1 is 0.459 bits per heavy atom. The highest BCUT2D eigenvalue weighted by molar-refractivity contribution is 6.25. The molecule has 0 spiro atoms. The van der Waals surface area contributed by atoms with Gasteiger partial charge in [0.25, 0.3) is 0 Å². The molecule has 170 valence electrons. The summed E-state index contributed by atoms with van der Waals surface area (Å²) in [6, 6.07) is 44.1. The SMILES string of the molecule is c1cc2ccc3ccc(-c4ccc5c(c4)nc4c6ccccc6c6ccccc6n54)c4ccc(c1)c2c34. The van der Waals surface area contributed by atoms with E-state index in [1.165, 1.54) is 65.1 Å². The highest BCUT2D eigenvalue weighted by Gasteiger charge is 2.16. The van der Waals surface area contributed by atoms with Crippen molar-refractivity contribution in [1.82, 2.24) is 9.38 Å². The van der Waals surface area contributed by atoms with Gasteiger partial charge in [0.15, 0.2) is 0 Å². The molecule has 0 aliphatic rings. The summed E-state index contributed by atoms with van der Waals surface area (Å²) in [7, 11) is 0. The molecule has 2 aromatic heterocycles. The van der Waals surface area contributed by atoms with Crippen LogP contribution in [0.1, 0.15) is 0 Å². The Kier molecular flexibility index (Phi) is 3.56. The number of imidazole rings is 1. The molecular formula is C35H20N2. The Bertz CT molecular complexity index is 2340. The summed E-state index contributed by atoms with van der Waals surface area (Å²) < 4.78 is 2.32. The fraction of sp³-hybridized carbons (Fsp3) is 0. The zero-order chi connectivity index (χ0) is 24.1. The maximum atomic E-state index is 5.20. The molecule has 0 atom stereocenters. The van der Waals surface area contributed by atoms with Crippen molar-refractivity contribution in [2.24, 2.45) is 0 Å². The molecule has 2 heterocycles. The largest absolute Gasteiger partial charge is 0.292 e. The van der Waals surface area contributed by atoms with E-state index in [4.69, 9.17) is 4.98 Å². The zero-order valence-corrected chi connectivity index (χ0v) is 19.9. The first-order valence-electron chi connectivity index (χ1n) is 12.7. The summed E-state index contributed by atoms with van der Waals surface area (Å²) in [6.45, 7) is 0. The molecule has 0 aliphatic heterocycles. The predicted molar refractivity (Wildman–Crippen MR) is 157 cm³/mol. The van der Waals surface area contributed by atoms with Gasteiger partial charge in [-0.3, -0.25) is 4.40 Å². The summed E-state index contributed by atoms with van der Waals surface area (Å²) in [5, 5.41) is 11.5. The lowest BCUT2D eigenvalue weighted by Gasteiger charge is -2.14. The highest BCUT2D eigenvalue weighted by Crippen LogP contribution is 2.40. The first-order valence-corrected chi connectivity index (χ1v) is 12.7. The Hall–Kier alpha value is -4.95. The minimum Gasteiger partial charge on any atom is -0.292 e. The summed E-state index contributed by atoms with van der Waals surface area (Å²) in [4.78, 5) is 5.20. The van der Waals surface area contributed by atoms with Gasteiger partial charge in [0.2, 0.25) is 0 Å². The van der Waals surface area contributed by atoms with Crippen molar-refractivity contribution in [3.05, 3.63) is 121 Å². The van der Waals surface area contributed by atoms with E-state index in [0.29, 0.717) is 0 Å². The molecule has 2 nitrogen and oxygen atoms in total. The van der Waals surface area contributed by atoms with Gasteiger partial charge < -0.3 is 0 Å². The number of nitrogens with zero attached hydrogens (tertiary/aromatic N) is 2. The molecule has 0 saturated carbocycles. The quantitative estimate of drug-likeness (QED) is 0.219. The zero-order valence-electron chi connectivity index (χ0n) is 19.9. The van der Waals surface area contributed by atoms with Gasteiger partial charge in [-0.05, 0) is 67.0 Å². The van der Waals surface area contributed by atoms with Crippen LogP contribution in [0.4, 0.5) is 0 Å². The van der Waals surface area contributed by atoms with Crippen molar-refractivity contribution in [1.29, 1.82) is 0 Å². The molecule has 0 unspecified atom stereocenters. The van der Waals surface area contributed by atoms with Crippen LogP contribution >= 0.6 is 0 Å². The Morgan fingerprint density at radius 3 is 2.03 bits per heavy atom. The van der Waals surface area contributed by atoms with E-state index in [9.17, 15) is 0 Å². The Labute approximate surface area is 212 Å². The monoisotopic (exact) mass is 468 g/mol. The minimum atomic E-state index is 1.01. The van der Waals surface area contributed by atoms with Crippen molar-refractivity contribution in [2.45, 2.75) is 0 Å². The van der Waals surface area contributed by atoms with E-state index in [2.05, 4.69) is 126 Å². The topological polar surface area (TPSA) is 17.3 Å². The molecule has 0 bridgehead atoms. The molecule has 0 N–H and O–H groups in total. The Balaban J connectivity index is 1.38. The van der Waals surface area contributed by atoms with Gasteiger partial charge in [-0.1, -0.05) is 103 Å². The molecule has 0 saturated heterocycles. The molecule has 9 rings (SSSR count). The van der Waals surface area contributed by atoms with E-state index in [1.807, 2.05) is 0 Å². The number of pyridine rings is 1. The second kappa shape index (κ2) is 6.83. The van der Waals surface area contributed by atoms with Crippen molar-refractivity contribution >= 4 is 70.7 Å². The van der Waals surface area contributed by atoms with Gasteiger partial charge in [-0.25, -0.2) is 4.98 Å². The molecule has 0 amide bonds. The van der Waals surface area contributed by atoms with Crippen LogP contribution in [0.15, 0.2) is 121 Å². The predicted octanol–water partition coefficient (Wildman–Crippen LogP) is 9.36. The minimum absolute atomic E-state index is 1.01. The molecule has 7 aromatic carbocycles. The lowest BCUT2D eigenvalue weighted by atomic mass is 9.90. The van der Waals surface area contributed by atoms with Crippen LogP contribution in [0.2, 0.25) is 0 Å². The fourth-order valence-electron chi connectivity index (χ4n) is 6.47. The molecule has 9 aromatic rings. The molecule has 2 heteroatoms. The summed E-state index contributed by atoms with van der Waals surface area (Å²) in [6.07, 6.45) is 0. The van der Waals surface area contributed by atoms with Gasteiger partial charge in [-0.15, -0.1) is 0 Å². The van der Waals surface area contributed by atoms with Crippen LogP contribution in [0.25, 0.3) is 81.8 Å². The van der Waals surface area contributed by atoms with Crippen LogP contribution in [-0.2, 0) is 0 Å². The third-order valence-corrected chi connectivity index (χ3v) is 8.10. The third-order valence-electron chi connectivity index (χ3n) is 8.10. The van der Waals surface area contributed by atoms with Crippen molar-refractivity contribution in [2.75, 3.05) is 0 Å². The van der Waals surface area contributed by atoms with Crippen LogP contribution < -0.4 is 0 Å². The van der Waals surface area contributed by atoms with Gasteiger partial charge in [-0.2, -0.15) is 0 Å². The summed E-state index contributed by atoms with van der Waals surface area (Å²) in [5.74, 6) is 0. The van der Waals surface area contributed by atoms with Gasteiger partial charge >= 0.3 is 0 Å².